The number of aromatic nitrogens is 3. The number of hydrogen-bond donors (Lipinski definition) is 2. The maximum Gasteiger partial charge on any atom is 0.241 e. The van der Waals surface area contributed by atoms with E-state index >= 15 is 0 Å². The van der Waals surface area contributed by atoms with Crippen LogP contribution in [0.15, 0.2) is 35.6 Å². The Bertz CT molecular complexity index is 818. The van der Waals surface area contributed by atoms with Crippen LogP contribution in [0.5, 0.6) is 0 Å². The number of amides is 1. The van der Waals surface area contributed by atoms with Crippen LogP contribution in [0.3, 0.4) is 0 Å². The third-order valence-corrected chi connectivity index (χ3v) is 4.78. The Morgan fingerprint density at radius 3 is 2.75 bits per heavy atom. The number of hydrogen-bond acceptors (Lipinski definition) is 4. The molecule has 3 rings (SSSR count). The van der Waals surface area contributed by atoms with Gasteiger partial charge in [0.1, 0.15) is 18.7 Å². The summed E-state index contributed by atoms with van der Waals surface area (Å²) in [5.74, 6) is 1.39. The Hall–Kier alpha value is -2.17. The third kappa shape index (κ3) is 5.91. The van der Waals surface area contributed by atoms with E-state index in [1.54, 1.807) is 23.7 Å². The smallest absolute Gasteiger partial charge is 0.241 e. The first kappa shape index (κ1) is 22.1. The molecule has 1 aliphatic rings. The lowest BCUT2D eigenvalue weighted by molar-refractivity contribution is -0.127. The maximum absolute atomic E-state index is 11.9. The first-order valence-corrected chi connectivity index (χ1v) is 9.17. The molecule has 152 valence electrons. The van der Waals surface area contributed by atoms with Gasteiger partial charge in [-0.25, -0.2) is 9.98 Å². The van der Waals surface area contributed by atoms with Gasteiger partial charge in [0.15, 0.2) is 5.96 Å². The van der Waals surface area contributed by atoms with Gasteiger partial charge in [0, 0.05) is 27.2 Å². The van der Waals surface area contributed by atoms with E-state index < -0.39 is 0 Å². The molecule has 1 heterocycles. The Morgan fingerprint density at radius 1 is 1.32 bits per heavy atom. The topological polar surface area (TPSA) is 87.4 Å². The molecule has 0 radical (unpaired) electrons. The van der Waals surface area contributed by atoms with Crippen LogP contribution in [-0.2, 0) is 31.2 Å². The molecular weight excluding hydrogens is 469 g/mol. The minimum absolute atomic E-state index is 0. The van der Waals surface area contributed by atoms with Crippen molar-refractivity contribution < 1.29 is 4.79 Å². The van der Waals surface area contributed by atoms with E-state index in [1.165, 1.54) is 17.5 Å². The van der Waals surface area contributed by atoms with Crippen molar-refractivity contribution in [2.75, 3.05) is 20.6 Å². The molecular formula is C19H28IN7O. The maximum atomic E-state index is 11.9. The minimum Gasteiger partial charge on any atom is -0.353 e. The van der Waals surface area contributed by atoms with Crippen LogP contribution in [0.1, 0.15) is 23.4 Å². The lowest BCUT2D eigenvalue weighted by Crippen LogP contribution is -2.48. The lowest BCUT2D eigenvalue weighted by Gasteiger charge is -2.27. The van der Waals surface area contributed by atoms with Gasteiger partial charge < -0.3 is 15.5 Å². The van der Waals surface area contributed by atoms with E-state index in [0.717, 1.165) is 25.1 Å². The highest BCUT2D eigenvalue weighted by Gasteiger charge is 2.19. The summed E-state index contributed by atoms with van der Waals surface area (Å²) in [7, 11) is 5.32. The summed E-state index contributed by atoms with van der Waals surface area (Å²) >= 11 is 0. The number of carbonyl (C=O) groups is 1. The second-order valence-electron chi connectivity index (χ2n) is 6.96. The number of carbonyl (C=O) groups excluding carboxylic acids is 1. The van der Waals surface area contributed by atoms with Crippen LogP contribution < -0.4 is 10.6 Å². The molecule has 28 heavy (non-hydrogen) atoms. The van der Waals surface area contributed by atoms with E-state index in [0.29, 0.717) is 12.5 Å². The van der Waals surface area contributed by atoms with Crippen molar-refractivity contribution >= 4 is 35.8 Å². The number of aliphatic imine (C=N–C) groups is 1. The fourth-order valence-corrected chi connectivity index (χ4v) is 3.10. The molecule has 1 aromatic carbocycles. The van der Waals surface area contributed by atoms with E-state index in [4.69, 9.17) is 0 Å². The highest BCUT2D eigenvalue weighted by molar-refractivity contribution is 14.0. The summed E-state index contributed by atoms with van der Waals surface area (Å²) in [5, 5.41) is 10.7. The molecule has 1 aliphatic carbocycles. The fraction of sp³-hybridized carbons (Fsp3) is 0.474. The van der Waals surface area contributed by atoms with Gasteiger partial charge in [-0.2, -0.15) is 5.10 Å². The average Bonchev–Trinajstić information content (AvgIpc) is 3.08. The summed E-state index contributed by atoms with van der Waals surface area (Å²) in [6, 6.07) is 8.83. The number of aryl methyl sites for hydroxylation is 2. The number of halogens is 1. The van der Waals surface area contributed by atoms with Gasteiger partial charge in [-0.05, 0) is 30.4 Å². The SMILES string of the molecule is CN(C)C(=O)CNC(=NCc1ncnn1C)NC1CCc2ccccc2C1.I. The van der Waals surface area contributed by atoms with Crippen molar-refractivity contribution in [2.45, 2.75) is 31.8 Å². The van der Waals surface area contributed by atoms with E-state index in [1.807, 2.05) is 7.05 Å². The van der Waals surface area contributed by atoms with Gasteiger partial charge in [0.25, 0.3) is 0 Å². The molecule has 1 aromatic heterocycles. The largest absolute Gasteiger partial charge is 0.353 e. The second-order valence-corrected chi connectivity index (χ2v) is 6.96. The van der Waals surface area contributed by atoms with Crippen molar-refractivity contribution in [3.8, 4) is 0 Å². The van der Waals surface area contributed by atoms with Gasteiger partial charge in [-0.15, -0.1) is 24.0 Å². The summed E-state index contributed by atoms with van der Waals surface area (Å²) in [6.45, 7) is 0.590. The van der Waals surface area contributed by atoms with Crippen LogP contribution in [-0.4, -0.2) is 58.2 Å². The monoisotopic (exact) mass is 497 g/mol. The Balaban J connectivity index is 0.00000280. The Kier molecular flexibility index (Phi) is 8.21. The summed E-state index contributed by atoms with van der Waals surface area (Å²) < 4.78 is 1.70. The van der Waals surface area contributed by atoms with Crippen molar-refractivity contribution in [3.05, 3.63) is 47.5 Å². The van der Waals surface area contributed by atoms with E-state index in [-0.39, 0.29) is 42.5 Å². The summed E-state index contributed by atoms with van der Waals surface area (Å²) in [5.41, 5.74) is 2.79. The predicted molar refractivity (Wildman–Crippen MR) is 120 cm³/mol. The first-order chi connectivity index (χ1) is 13.0. The highest BCUT2D eigenvalue weighted by Crippen LogP contribution is 2.20. The van der Waals surface area contributed by atoms with Crippen molar-refractivity contribution in [3.63, 3.8) is 0 Å². The zero-order chi connectivity index (χ0) is 19.2. The van der Waals surface area contributed by atoms with Gasteiger partial charge in [0.2, 0.25) is 5.91 Å². The number of nitrogens with zero attached hydrogens (tertiary/aromatic N) is 5. The lowest BCUT2D eigenvalue weighted by atomic mass is 9.88. The second kappa shape index (κ2) is 10.4. The minimum atomic E-state index is -0.00264. The number of guanidine groups is 1. The number of nitrogens with one attached hydrogen (secondary N) is 2. The van der Waals surface area contributed by atoms with Gasteiger partial charge in [0.05, 0.1) is 6.54 Å². The zero-order valence-corrected chi connectivity index (χ0v) is 18.9. The van der Waals surface area contributed by atoms with Crippen molar-refractivity contribution in [2.24, 2.45) is 12.0 Å². The standard InChI is InChI=1S/C19H27N7O.HI/c1-25(2)18(27)12-21-19(20-11-17-22-13-23-26(17)3)24-16-9-8-14-6-4-5-7-15(14)10-16;/h4-7,13,16H,8-12H2,1-3H3,(H2,20,21,24);1H. The molecule has 0 saturated carbocycles. The average molecular weight is 497 g/mol. The third-order valence-electron chi connectivity index (χ3n) is 4.78. The van der Waals surface area contributed by atoms with Crippen LogP contribution in [0.2, 0.25) is 0 Å². The molecule has 1 atom stereocenters. The molecule has 0 saturated heterocycles. The molecule has 9 heteroatoms. The number of fused-ring (bicyclic) bond motifs is 1. The summed E-state index contributed by atoms with van der Waals surface area (Å²) in [6.07, 6.45) is 4.53. The molecule has 0 bridgehead atoms. The number of likely N-dealkylation sites (N-methyl/N-ethyl adjacent to an activating group) is 1. The predicted octanol–water partition coefficient (Wildman–Crippen LogP) is 1.11. The van der Waals surface area contributed by atoms with Crippen LogP contribution in [0.25, 0.3) is 0 Å². The fourth-order valence-electron chi connectivity index (χ4n) is 3.10. The first-order valence-electron chi connectivity index (χ1n) is 9.17. The molecule has 2 aromatic rings. The molecule has 2 N–H and O–H groups in total. The van der Waals surface area contributed by atoms with E-state index in [9.17, 15) is 4.79 Å². The molecule has 0 aliphatic heterocycles. The van der Waals surface area contributed by atoms with Crippen LogP contribution >= 0.6 is 24.0 Å². The Morgan fingerprint density at radius 2 is 2.07 bits per heavy atom. The molecule has 0 fully saturated rings. The normalized spacial score (nSPS) is 16.0. The Labute approximate surface area is 182 Å². The summed E-state index contributed by atoms with van der Waals surface area (Å²) in [4.78, 5) is 22.3. The zero-order valence-electron chi connectivity index (χ0n) is 16.6. The molecule has 0 spiro atoms. The van der Waals surface area contributed by atoms with E-state index in [2.05, 4.69) is 50.0 Å². The van der Waals surface area contributed by atoms with Crippen molar-refractivity contribution in [1.29, 1.82) is 0 Å². The number of benzene rings is 1. The number of rotatable bonds is 5. The van der Waals surface area contributed by atoms with Gasteiger partial charge in [-0.1, -0.05) is 24.3 Å². The highest BCUT2D eigenvalue weighted by atomic mass is 127. The quantitative estimate of drug-likeness (QED) is 0.367. The van der Waals surface area contributed by atoms with Gasteiger partial charge in [-0.3, -0.25) is 9.48 Å². The molecule has 1 amide bonds. The molecule has 8 nitrogen and oxygen atoms in total. The van der Waals surface area contributed by atoms with Crippen LogP contribution in [0.4, 0.5) is 0 Å². The molecule has 1 unspecified atom stereocenters. The van der Waals surface area contributed by atoms with Gasteiger partial charge >= 0.3 is 0 Å². The van der Waals surface area contributed by atoms with Crippen molar-refractivity contribution in [1.82, 2.24) is 30.3 Å². The van der Waals surface area contributed by atoms with Crippen LogP contribution in [0, 0.1) is 0 Å².